The molecule has 2 heterocycles. The van der Waals surface area contributed by atoms with Crippen LogP contribution in [0.5, 0.6) is 0 Å². The van der Waals surface area contributed by atoms with Crippen LogP contribution in [0.1, 0.15) is 30.5 Å². The molecule has 102 valence electrons. The Hall–Kier alpha value is -1.61. The quantitative estimate of drug-likeness (QED) is 0.739. The SMILES string of the molecule is NCCc1cccn1CCCCCc1cccnc1. The van der Waals surface area contributed by atoms with Crippen LogP contribution in [0, 0.1) is 0 Å². The highest BCUT2D eigenvalue weighted by atomic mass is 15.0. The largest absolute Gasteiger partial charge is 0.351 e. The van der Waals surface area contributed by atoms with Gasteiger partial charge in [0.2, 0.25) is 0 Å². The van der Waals surface area contributed by atoms with Crippen molar-refractivity contribution in [3.05, 3.63) is 54.1 Å². The molecule has 2 N–H and O–H groups in total. The monoisotopic (exact) mass is 257 g/mol. The van der Waals surface area contributed by atoms with Gasteiger partial charge in [0.15, 0.2) is 0 Å². The van der Waals surface area contributed by atoms with E-state index in [1.807, 2.05) is 18.5 Å². The van der Waals surface area contributed by atoms with Crippen molar-refractivity contribution in [3.63, 3.8) is 0 Å². The Morgan fingerprint density at radius 3 is 2.79 bits per heavy atom. The first-order chi connectivity index (χ1) is 9.40. The average molecular weight is 257 g/mol. The van der Waals surface area contributed by atoms with Crippen molar-refractivity contribution in [1.29, 1.82) is 0 Å². The second kappa shape index (κ2) is 7.74. The molecule has 19 heavy (non-hydrogen) atoms. The highest BCUT2D eigenvalue weighted by Crippen LogP contribution is 2.09. The van der Waals surface area contributed by atoms with E-state index in [9.17, 15) is 0 Å². The van der Waals surface area contributed by atoms with Gasteiger partial charge in [-0.25, -0.2) is 0 Å². The van der Waals surface area contributed by atoms with E-state index in [0.717, 1.165) is 25.9 Å². The van der Waals surface area contributed by atoms with E-state index in [1.165, 1.54) is 30.5 Å². The summed E-state index contributed by atoms with van der Waals surface area (Å²) in [6.45, 7) is 1.83. The first-order valence-corrected chi connectivity index (χ1v) is 7.13. The topological polar surface area (TPSA) is 43.8 Å². The van der Waals surface area contributed by atoms with E-state index in [1.54, 1.807) is 0 Å². The Labute approximate surface area is 115 Å². The number of aromatic nitrogens is 2. The van der Waals surface area contributed by atoms with Crippen molar-refractivity contribution in [2.75, 3.05) is 6.54 Å². The minimum Gasteiger partial charge on any atom is -0.351 e. The third-order valence-corrected chi connectivity index (χ3v) is 3.41. The van der Waals surface area contributed by atoms with Gasteiger partial charge >= 0.3 is 0 Å². The molecule has 0 saturated carbocycles. The predicted octanol–water partition coefficient (Wildman–Crippen LogP) is 2.80. The summed E-state index contributed by atoms with van der Waals surface area (Å²) in [5, 5.41) is 0. The lowest BCUT2D eigenvalue weighted by atomic mass is 10.1. The van der Waals surface area contributed by atoms with Gasteiger partial charge in [-0.3, -0.25) is 4.98 Å². The third kappa shape index (κ3) is 4.52. The average Bonchev–Trinajstić information content (AvgIpc) is 2.88. The summed E-state index contributed by atoms with van der Waals surface area (Å²) in [5.74, 6) is 0. The van der Waals surface area contributed by atoms with Crippen molar-refractivity contribution in [2.45, 2.75) is 38.6 Å². The van der Waals surface area contributed by atoms with Gasteiger partial charge < -0.3 is 10.3 Å². The number of unbranched alkanes of at least 4 members (excludes halogenated alkanes) is 2. The molecule has 0 amide bonds. The Bertz CT molecular complexity index is 462. The molecule has 3 nitrogen and oxygen atoms in total. The van der Waals surface area contributed by atoms with E-state index >= 15 is 0 Å². The maximum absolute atomic E-state index is 5.61. The molecule has 0 unspecified atom stereocenters. The minimum absolute atomic E-state index is 0.727. The molecule has 2 rings (SSSR count). The smallest absolute Gasteiger partial charge is 0.0299 e. The van der Waals surface area contributed by atoms with Crippen LogP contribution in [0.3, 0.4) is 0 Å². The van der Waals surface area contributed by atoms with Gasteiger partial charge in [0.05, 0.1) is 0 Å². The molecule has 0 radical (unpaired) electrons. The number of hydrogen-bond donors (Lipinski definition) is 1. The zero-order valence-corrected chi connectivity index (χ0v) is 11.5. The first-order valence-electron chi connectivity index (χ1n) is 7.13. The lowest BCUT2D eigenvalue weighted by Gasteiger charge is -2.08. The fourth-order valence-electron chi connectivity index (χ4n) is 2.38. The zero-order valence-electron chi connectivity index (χ0n) is 11.5. The molecule has 0 aliphatic heterocycles. The van der Waals surface area contributed by atoms with Gasteiger partial charge in [0.1, 0.15) is 0 Å². The van der Waals surface area contributed by atoms with Crippen LogP contribution in [0.2, 0.25) is 0 Å². The molecule has 2 aromatic heterocycles. The molecule has 0 aliphatic carbocycles. The molecular formula is C16H23N3. The van der Waals surface area contributed by atoms with Gasteiger partial charge in [-0.1, -0.05) is 12.5 Å². The molecule has 0 bridgehead atoms. The maximum Gasteiger partial charge on any atom is 0.0299 e. The Kier molecular flexibility index (Phi) is 5.63. The highest BCUT2D eigenvalue weighted by Gasteiger charge is 1.99. The fraction of sp³-hybridized carbons (Fsp3) is 0.438. The summed E-state index contributed by atoms with van der Waals surface area (Å²) in [5.41, 5.74) is 8.31. The summed E-state index contributed by atoms with van der Waals surface area (Å²) in [6.07, 6.45) is 11.8. The van der Waals surface area contributed by atoms with Crippen molar-refractivity contribution in [3.8, 4) is 0 Å². The van der Waals surface area contributed by atoms with Crippen LogP contribution >= 0.6 is 0 Å². The molecular weight excluding hydrogens is 234 g/mol. The highest BCUT2D eigenvalue weighted by molar-refractivity contribution is 5.08. The number of nitrogens with zero attached hydrogens (tertiary/aromatic N) is 2. The number of rotatable bonds is 8. The third-order valence-electron chi connectivity index (χ3n) is 3.41. The second-order valence-electron chi connectivity index (χ2n) is 4.90. The van der Waals surface area contributed by atoms with Crippen molar-refractivity contribution in [1.82, 2.24) is 9.55 Å². The Morgan fingerprint density at radius 1 is 1.05 bits per heavy atom. The summed E-state index contributed by atoms with van der Waals surface area (Å²) in [7, 11) is 0. The van der Waals surface area contributed by atoms with Gasteiger partial charge in [0.25, 0.3) is 0 Å². The summed E-state index contributed by atoms with van der Waals surface area (Å²) < 4.78 is 2.33. The molecule has 0 spiro atoms. The Balaban J connectivity index is 1.65. The van der Waals surface area contributed by atoms with Gasteiger partial charge in [-0.2, -0.15) is 0 Å². The van der Waals surface area contributed by atoms with Gasteiger partial charge in [0, 0.05) is 30.8 Å². The minimum atomic E-state index is 0.727. The van der Waals surface area contributed by atoms with E-state index in [2.05, 4.69) is 33.9 Å². The van der Waals surface area contributed by atoms with Crippen LogP contribution < -0.4 is 5.73 Å². The summed E-state index contributed by atoms with van der Waals surface area (Å²) >= 11 is 0. The number of hydrogen-bond acceptors (Lipinski definition) is 2. The van der Waals surface area contributed by atoms with Gasteiger partial charge in [-0.05, 0) is 56.0 Å². The van der Waals surface area contributed by atoms with Crippen LogP contribution in [0.15, 0.2) is 42.9 Å². The van der Waals surface area contributed by atoms with E-state index in [-0.39, 0.29) is 0 Å². The molecule has 0 atom stereocenters. The lowest BCUT2D eigenvalue weighted by molar-refractivity contribution is 0.573. The molecule has 0 aromatic carbocycles. The summed E-state index contributed by atoms with van der Waals surface area (Å²) in [6, 6.07) is 8.44. The standard InChI is InChI=1S/C16H23N3/c17-10-9-16-8-5-13-19(16)12-3-1-2-6-15-7-4-11-18-14-15/h4-5,7-8,11,13-14H,1-3,6,9-10,12,17H2. The molecule has 0 fully saturated rings. The van der Waals surface area contributed by atoms with Crippen LogP contribution in [0.4, 0.5) is 0 Å². The Morgan fingerprint density at radius 2 is 2.00 bits per heavy atom. The first kappa shape index (κ1) is 13.8. The molecule has 0 saturated heterocycles. The van der Waals surface area contributed by atoms with Crippen LogP contribution in [-0.2, 0) is 19.4 Å². The normalized spacial score (nSPS) is 10.8. The van der Waals surface area contributed by atoms with Crippen molar-refractivity contribution >= 4 is 0 Å². The van der Waals surface area contributed by atoms with Crippen molar-refractivity contribution < 1.29 is 0 Å². The second-order valence-corrected chi connectivity index (χ2v) is 4.90. The zero-order chi connectivity index (χ0) is 13.3. The van der Waals surface area contributed by atoms with E-state index in [4.69, 9.17) is 5.73 Å². The molecule has 3 heteroatoms. The van der Waals surface area contributed by atoms with Crippen LogP contribution in [0.25, 0.3) is 0 Å². The maximum atomic E-state index is 5.61. The number of aryl methyl sites for hydroxylation is 2. The molecule has 0 aliphatic rings. The van der Waals surface area contributed by atoms with Crippen LogP contribution in [-0.4, -0.2) is 16.1 Å². The summed E-state index contributed by atoms with van der Waals surface area (Å²) in [4.78, 5) is 4.14. The number of pyridine rings is 1. The van der Waals surface area contributed by atoms with E-state index < -0.39 is 0 Å². The van der Waals surface area contributed by atoms with Gasteiger partial charge in [-0.15, -0.1) is 0 Å². The fourth-order valence-corrected chi connectivity index (χ4v) is 2.38. The lowest BCUT2D eigenvalue weighted by Crippen LogP contribution is -2.08. The molecule has 2 aromatic rings. The van der Waals surface area contributed by atoms with E-state index in [0.29, 0.717) is 0 Å². The predicted molar refractivity (Wildman–Crippen MR) is 79.0 cm³/mol. The van der Waals surface area contributed by atoms with Crippen molar-refractivity contribution in [2.24, 2.45) is 5.73 Å². The number of nitrogens with two attached hydrogens (primary N) is 1.